The van der Waals surface area contributed by atoms with Gasteiger partial charge in [-0.05, 0) is 42.9 Å². The molecule has 1 saturated heterocycles. The molecule has 1 heterocycles. The molecule has 0 radical (unpaired) electrons. The van der Waals surface area contributed by atoms with Gasteiger partial charge in [0.1, 0.15) is 5.75 Å². The van der Waals surface area contributed by atoms with Crippen LogP contribution in [0.15, 0.2) is 24.3 Å². The van der Waals surface area contributed by atoms with Crippen molar-refractivity contribution in [1.29, 1.82) is 0 Å². The minimum atomic E-state index is -3.11. The van der Waals surface area contributed by atoms with Gasteiger partial charge in [-0.3, -0.25) is 4.79 Å². The normalized spacial score (nSPS) is 21.1. The van der Waals surface area contributed by atoms with E-state index in [4.69, 9.17) is 9.47 Å². The highest BCUT2D eigenvalue weighted by atomic mass is 32.2. The molecule has 31 heavy (non-hydrogen) atoms. The highest BCUT2D eigenvalue weighted by molar-refractivity contribution is 7.91. The van der Waals surface area contributed by atoms with Crippen LogP contribution in [0.4, 0.5) is 0 Å². The predicted molar refractivity (Wildman–Crippen MR) is 118 cm³/mol. The summed E-state index contributed by atoms with van der Waals surface area (Å²) in [5, 5.41) is 0. The molecule has 1 aliphatic carbocycles. The highest BCUT2D eigenvalue weighted by Crippen LogP contribution is 2.28. The Labute approximate surface area is 185 Å². The minimum Gasteiger partial charge on any atom is -0.482 e. The van der Waals surface area contributed by atoms with Crippen molar-refractivity contribution in [3.8, 4) is 5.75 Å². The third kappa shape index (κ3) is 6.69. The number of nitrogens with zero attached hydrogens (tertiary/aromatic N) is 1. The average molecular weight is 452 g/mol. The summed E-state index contributed by atoms with van der Waals surface area (Å²) in [6, 6.07) is 7.21. The number of rotatable bonds is 8. The molecule has 2 fully saturated rings. The predicted octanol–water partition coefficient (Wildman–Crippen LogP) is 3.08. The second kappa shape index (κ2) is 10.5. The van der Waals surface area contributed by atoms with Gasteiger partial charge >= 0.3 is 5.97 Å². The van der Waals surface area contributed by atoms with Crippen LogP contribution in [0.25, 0.3) is 0 Å². The lowest BCUT2D eigenvalue weighted by Crippen LogP contribution is -2.50. The first-order chi connectivity index (χ1) is 14.7. The summed E-state index contributed by atoms with van der Waals surface area (Å²) >= 11 is 0. The number of amides is 1. The van der Waals surface area contributed by atoms with E-state index in [2.05, 4.69) is 13.8 Å². The largest absolute Gasteiger partial charge is 0.482 e. The van der Waals surface area contributed by atoms with Crippen molar-refractivity contribution in [2.24, 2.45) is 0 Å². The van der Waals surface area contributed by atoms with Crippen LogP contribution in [0.3, 0.4) is 0 Å². The maximum atomic E-state index is 12.9. The van der Waals surface area contributed by atoms with Crippen molar-refractivity contribution in [3.63, 3.8) is 0 Å². The summed E-state index contributed by atoms with van der Waals surface area (Å²) in [7, 11) is -3.11. The van der Waals surface area contributed by atoms with Crippen molar-refractivity contribution in [2.75, 3.05) is 24.7 Å². The van der Waals surface area contributed by atoms with Gasteiger partial charge in [0, 0.05) is 12.1 Å². The topological polar surface area (TPSA) is 90.0 Å². The standard InChI is InChI=1S/C23H33NO6S/c1-17(2)18-8-10-21(11-9-18)29-15-23(26)30-14-22(25)24(19-6-4-3-5-7-19)20-12-13-31(27,28)16-20/h8-11,17,19-20H,3-7,12-16H2,1-2H3. The lowest BCUT2D eigenvalue weighted by Gasteiger charge is -2.38. The monoisotopic (exact) mass is 451 g/mol. The first-order valence-corrected chi connectivity index (χ1v) is 13.0. The van der Waals surface area contributed by atoms with Crippen molar-refractivity contribution in [3.05, 3.63) is 29.8 Å². The van der Waals surface area contributed by atoms with E-state index in [1.54, 1.807) is 17.0 Å². The van der Waals surface area contributed by atoms with E-state index in [0.717, 1.165) is 32.1 Å². The summed E-state index contributed by atoms with van der Waals surface area (Å²) < 4.78 is 34.5. The number of benzene rings is 1. The summed E-state index contributed by atoms with van der Waals surface area (Å²) in [6.45, 7) is 3.53. The van der Waals surface area contributed by atoms with Crippen molar-refractivity contribution < 1.29 is 27.5 Å². The van der Waals surface area contributed by atoms with Gasteiger partial charge in [0.15, 0.2) is 23.1 Å². The van der Waals surface area contributed by atoms with Crippen LogP contribution in [0.1, 0.15) is 63.9 Å². The molecule has 1 saturated carbocycles. The number of carbonyl (C=O) groups excluding carboxylic acids is 2. The molecule has 0 spiro atoms. The van der Waals surface area contributed by atoms with Gasteiger partial charge in [0.25, 0.3) is 5.91 Å². The van der Waals surface area contributed by atoms with Gasteiger partial charge in [-0.25, -0.2) is 13.2 Å². The van der Waals surface area contributed by atoms with Gasteiger partial charge in [-0.15, -0.1) is 0 Å². The lowest BCUT2D eigenvalue weighted by atomic mass is 9.93. The fourth-order valence-corrected chi connectivity index (χ4v) is 6.12. The molecule has 1 unspecified atom stereocenters. The van der Waals surface area contributed by atoms with Crippen LogP contribution in [0.5, 0.6) is 5.75 Å². The molecule has 1 amide bonds. The molecule has 3 rings (SSSR count). The Hall–Kier alpha value is -2.09. The third-order valence-corrected chi connectivity index (χ3v) is 7.87. The first-order valence-electron chi connectivity index (χ1n) is 11.1. The molecule has 7 nitrogen and oxygen atoms in total. The van der Waals surface area contributed by atoms with Crippen molar-refractivity contribution in [2.45, 2.75) is 70.4 Å². The van der Waals surface area contributed by atoms with Crippen molar-refractivity contribution >= 4 is 21.7 Å². The summed E-state index contributed by atoms with van der Waals surface area (Å²) in [6.07, 6.45) is 5.37. The molecule has 0 N–H and O–H groups in total. The molecule has 0 bridgehead atoms. The lowest BCUT2D eigenvalue weighted by molar-refractivity contribution is -0.155. The summed E-state index contributed by atoms with van der Waals surface area (Å²) in [5.74, 6) is 0.142. The van der Waals surface area contributed by atoms with E-state index < -0.39 is 15.8 Å². The SMILES string of the molecule is CC(C)c1ccc(OCC(=O)OCC(=O)N(C2CCCCC2)C2CCS(=O)(=O)C2)cc1. The third-order valence-electron chi connectivity index (χ3n) is 6.12. The van der Waals surface area contributed by atoms with E-state index in [9.17, 15) is 18.0 Å². The zero-order valence-corrected chi connectivity index (χ0v) is 19.2. The van der Waals surface area contributed by atoms with Crippen LogP contribution in [0.2, 0.25) is 0 Å². The van der Waals surface area contributed by atoms with Crippen LogP contribution in [-0.2, 0) is 24.2 Å². The number of sulfone groups is 1. The zero-order chi connectivity index (χ0) is 22.4. The molecule has 1 aromatic carbocycles. The van der Waals surface area contributed by atoms with Gasteiger partial charge in [0.2, 0.25) is 0 Å². The Morgan fingerprint density at radius 1 is 1.00 bits per heavy atom. The molecule has 2 aliphatic rings. The van der Waals surface area contributed by atoms with Gasteiger partial charge < -0.3 is 14.4 Å². The van der Waals surface area contributed by atoms with Gasteiger partial charge in [-0.2, -0.15) is 0 Å². The molecular formula is C23H33NO6S. The zero-order valence-electron chi connectivity index (χ0n) is 18.4. The maximum absolute atomic E-state index is 12.9. The summed E-state index contributed by atoms with van der Waals surface area (Å²) in [5.41, 5.74) is 1.18. The number of esters is 1. The number of hydrogen-bond donors (Lipinski definition) is 0. The van der Waals surface area contributed by atoms with Crippen LogP contribution in [0, 0.1) is 0 Å². The smallest absolute Gasteiger partial charge is 0.344 e. The van der Waals surface area contributed by atoms with E-state index in [1.165, 1.54) is 5.56 Å². The molecule has 1 aliphatic heterocycles. The maximum Gasteiger partial charge on any atom is 0.344 e. The van der Waals surface area contributed by atoms with Gasteiger partial charge in [-0.1, -0.05) is 45.2 Å². The summed E-state index contributed by atoms with van der Waals surface area (Å²) in [4.78, 5) is 26.7. The Kier molecular flexibility index (Phi) is 7.97. The number of ether oxygens (including phenoxy) is 2. The van der Waals surface area contributed by atoms with E-state index >= 15 is 0 Å². The second-order valence-electron chi connectivity index (χ2n) is 8.82. The van der Waals surface area contributed by atoms with Crippen LogP contribution in [-0.4, -0.2) is 62.0 Å². The highest BCUT2D eigenvalue weighted by Gasteiger charge is 2.38. The Bertz CT molecular complexity index is 859. The molecule has 1 aromatic rings. The van der Waals surface area contributed by atoms with Crippen LogP contribution < -0.4 is 4.74 Å². The minimum absolute atomic E-state index is 0.00132. The molecule has 1 atom stereocenters. The number of carbonyl (C=O) groups is 2. The molecule has 172 valence electrons. The number of hydrogen-bond acceptors (Lipinski definition) is 6. The fourth-order valence-electron chi connectivity index (χ4n) is 4.41. The Morgan fingerprint density at radius 2 is 1.68 bits per heavy atom. The molecular weight excluding hydrogens is 418 g/mol. The second-order valence-corrected chi connectivity index (χ2v) is 11.1. The Balaban J connectivity index is 1.52. The van der Waals surface area contributed by atoms with Gasteiger partial charge in [0.05, 0.1) is 11.5 Å². The quantitative estimate of drug-likeness (QED) is 0.564. The fraction of sp³-hybridized carbons (Fsp3) is 0.652. The average Bonchev–Trinajstić information content (AvgIpc) is 3.11. The molecule has 0 aromatic heterocycles. The van der Waals surface area contributed by atoms with E-state index in [0.29, 0.717) is 18.1 Å². The van der Waals surface area contributed by atoms with E-state index in [-0.39, 0.29) is 42.7 Å². The van der Waals surface area contributed by atoms with E-state index in [1.807, 2.05) is 12.1 Å². The Morgan fingerprint density at radius 3 is 2.26 bits per heavy atom. The first kappa shape index (κ1) is 23.6. The van der Waals surface area contributed by atoms with Crippen molar-refractivity contribution in [1.82, 2.24) is 4.90 Å². The molecule has 8 heteroatoms. The van der Waals surface area contributed by atoms with Crippen LogP contribution >= 0.6 is 0 Å².